The number of nitrogens with zero attached hydrogens (tertiary/aromatic N) is 2. The maximum Gasteiger partial charge on any atom is 0.673 e. The van der Waals surface area contributed by atoms with E-state index in [1.165, 1.54) is 11.1 Å². The molecular formula is C58H42B2F8N2O. The lowest BCUT2D eigenvalue weighted by Gasteiger charge is -2.14. The summed E-state index contributed by atoms with van der Waals surface area (Å²) in [5.41, 5.74) is 15.7. The summed E-state index contributed by atoms with van der Waals surface area (Å²) in [6.45, 7) is 0. The smallest absolute Gasteiger partial charge is 0.457 e. The van der Waals surface area contributed by atoms with E-state index in [4.69, 9.17) is 4.74 Å². The zero-order chi connectivity index (χ0) is 49.8. The summed E-state index contributed by atoms with van der Waals surface area (Å²) in [5, 5.41) is 0. The Morgan fingerprint density at radius 3 is 0.648 bits per heavy atom. The molecule has 10 rings (SSSR count). The molecule has 2 heterocycles. The molecule has 71 heavy (non-hydrogen) atoms. The minimum absolute atomic E-state index is 0.760. The Morgan fingerprint density at radius 1 is 0.239 bits per heavy atom. The van der Waals surface area contributed by atoms with Gasteiger partial charge in [0.25, 0.3) is 0 Å². The first-order chi connectivity index (χ1) is 34.2. The van der Waals surface area contributed by atoms with Crippen LogP contribution in [0.5, 0.6) is 11.5 Å². The molecule has 13 heteroatoms. The van der Waals surface area contributed by atoms with E-state index in [1.807, 2.05) is 0 Å². The maximum absolute atomic E-state index is 9.75. The average Bonchev–Trinajstić information content (AvgIpc) is 3.39. The second-order valence-corrected chi connectivity index (χ2v) is 16.0. The molecule has 0 bridgehead atoms. The third-order valence-electron chi connectivity index (χ3n) is 11.1. The molecule has 3 nitrogen and oxygen atoms in total. The Balaban J connectivity index is 0.000000617. The van der Waals surface area contributed by atoms with Gasteiger partial charge in [0, 0.05) is 70.8 Å². The van der Waals surface area contributed by atoms with Crippen LogP contribution in [-0.2, 0) is 0 Å². The molecule has 0 aliphatic carbocycles. The lowest BCUT2D eigenvalue weighted by atomic mass is 9.98. The van der Waals surface area contributed by atoms with Crippen molar-refractivity contribution in [3.63, 3.8) is 0 Å². The van der Waals surface area contributed by atoms with E-state index in [2.05, 4.69) is 264 Å². The average molecular weight is 957 g/mol. The van der Waals surface area contributed by atoms with Crippen LogP contribution < -0.4 is 13.9 Å². The fourth-order valence-electron chi connectivity index (χ4n) is 8.09. The molecule has 2 aromatic heterocycles. The highest BCUT2D eigenvalue weighted by atomic mass is 19.5. The minimum atomic E-state index is -6.00. The van der Waals surface area contributed by atoms with E-state index >= 15 is 0 Å². The molecule has 8 aromatic carbocycles. The first-order valence-electron chi connectivity index (χ1n) is 22.4. The molecule has 0 N–H and O–H groups in total. The second-order valence-electron chi connectivity index (χ2n) is 16.0. The number of halogens is 8. The number of hydrogen-bond acceptors (Lipinski definition) is 1. The van der Waals surface area contributed by atoms with Crippen LogP contribution in [0.4, 0.5) is 34.5 Å². The molecule has 0 fully saturated rings. The highest BCUT2D eigenvalue weighted by Gasteiger charge is 2.27. The first kappa shape index (κ1) is 48.9. The van der Waals surface area contributed by atoms with E-state index in [9.17, 15) is 34.5 Å². The highest BCUT2D eigenvalue weighted by molar-refractivity contribution is 6.50. The molecule has 0 spiro atoms. The number of aromatic nitrogens is 2. The van der Waals surface area contributed by atoms with Gasteiger partial charge in [0.2, 0.25) is 34.2 Å². The van der Waals surface area contributed by atoms with E-state index < -0.39 is 14.5 Å². The van der Waals surface area contributed by atoms with E-state index in [0.29, 0.717) is 0 Å². The normalized spacial score (nSPS) is 11.1. The van der Waals surface area contributed by atoms with Crippen LogP contribution in [0.25, 0.3) is 78.7 Å². The molecule has 10 aromatic rings. The molecular weight excluding hydrogens is 914 g/mol. The van der Waals surface area contributed by atoms with Gasteiger partial charge in [-0.1, -0.05) is 133 Å². The van der Waals surface area contributed by atoms with Gasteiger partial charge >= 0.3 is 14.5 Å². The van der Waals surface area contributed by atoms with Crippen molar-refractivity contribution in [2.24, 2.45) is 0 Å². The van der Waals surface area contributed by atoms with Crippen molar-refractivity contribution in [1.29, 1.82) is 0 Å². The Labute approximate surface area is 406 Å². The highest BCUT2D eigenvalue weighted by Crippen LogP contribution is 2.34. The predicted molar refractivity (Wildman–Crippen MR) is 269 cm³/mol. The quantitative estimate of drug-likeness (QED) is 0.0758. The van der Waals surface area contributed by atoms with Gasteiger partial charge in [-0.3, -0.25) is 0 Å². The Bertz CT molecular complexity index is 2920. The van der Waals surface area contributed by atoms with E-state index in [1.54, 1.807) is 0 Å². The monoisotopic (exact) mass is 956 g/mol. The van der Waals surface area contributed by atoms with Crippen molar-refractivity contribution >= 4 is 14.5 Å². The summed E-state index contributed by atoms with van der Waals surface area (Å²) in [6, 6.07) is 89.7. The van der Waals surface area contributed by atoms with Gasteiger partial charge in [0.15, 0.2) is 0 Å². The lowest BCUT2D eigenvalue weighted by molar-refractivity contribution is -0.572. The van der Waals surface area contributed by atoms with Crippen molar-refractivity contribution in [3.05, 3.63) is 255 Å². The van der Waals surface area contributed by atoms with Crippen LogP contribution in [0.3, 0.4) is 0 Å². The number of rotatable bonds is 10. The van der Waals surface area contributed by atoms with Crippen LogP contribution in [-0.4, -0.2) is 14.5 Å². The molecule has 352 valence electrons. The SMILES string of the molecule is F[B-](F)(F)F.F[B-](F)(F)F.c1ccc(-c2cc(-c3ccccc3)[n+](-c3ccc(Oc4ccc(-[n+]5c(-c6ccccc6)cc(-c6ccccc6)cc5-c5ccccc5)cc4)cc3)c(-c3ccccc3)c2)cc1. The summed E-state index contributed by atoms with van der Waals surface area (Å²) in [7, 11) is -12.0. The first-order valence-corrected chi connectivity index (χ1v) is 22.4. The number of benzene rings is 8. The van der Waals surface area contributed by atoms with E-state index in [-0.39, 0.29) is 0 Å². The fourth-order valence-corrected chi connectivity index (χ4v) is 8.09. The van der Waals surface area contributed by atoms with Gasteiger partial charge in [-0.25, -0.2) is 0 Å². The number of pyridine rings is 2. The molecule has 0 radical (unpaired) electrons. The van der Waals surface area contributed by atoms with Crippen molar-refractivity contribution < 1.29 is 48.4 Å². The van der Waals surface area contributed by atoms with Crippen molar-refractivity contribution in [2.45, 2.75) is 0 Å². The summed E-state index contributed by atoms with van der Waals surface area (Å²) in [5.74, 6) is 1.52. The summed E-state index contributed by atoms with van der Waals surface area (Å²) in [6.07, 6.45) is 0. The van der Waals surface area contributed by atoms with Gasteiger partial charge in [0.1, 0.15) is 11.5 Å². The van der Waals surface area contributed by atoms with Crippen LogP contribution in [0.1, 0.15) is 0 Å². The predicted octanol–water partition coefficient (Wildman–Crippen LogP) is 16.6. The third kappa shape index (κ3) is 13.4. The third-order valence-corrected chi connectivity index (χ3v) is 11.1. The molecule has 0 aliphatic rings. The lowest BCUT2D eigenvalue weighted by Crippen LogP contribution is -2.36. The zero-order valence-electron chi connectivity index (χ0n) is 37.7. The second kappa shape index (κ2) is 22.2. The Kier molecular flexibility index (Phi) is 15.3. The van der Waals surface area contributed by atoms with Crippen LogP contribution in [0.15, 0.2) is 255 Å². The van der Waals surface area contributed by atoms with Crippen molar-refractivity contribution in [1.82, 2.24) is 0 Å². The van der Waals surface area contributed by atoms with Gasteiger partial charge in [-0.15, -0.1) is 0 Å². The van der Waals surface area contributed by atoms with Crippen molar-refractivity contribution in [3.8, 4) is 90.2 Å². The largest absolute Gasteiger partial charge is 0.673 e. The van der Waals surface area contributed by atoms with E-state index in [0.717, 1.165) is 79.0 Å². The van der Waals surface area contributed by atoms with Crippen LogP contribution >= 0.6 is 0 Å². The topological polar surface area (TPSA) is 17.0 Å². The summed E-state index contributed by atoms with van der Waals surface area (Å²) < 4.78 is 89.3. The van der Waals surface area contributed by atoms with Crippen LogP contribution in [0, 0.1) is 0 Å². The molecule has 0 unspecified atom stereocenters. The molecule has 0 saturated heterocycles. The van der Waals surface area contributed by atoms with Gasteiger partial charge in [-0.05, 0) is 95.1 Å². The summed E-state index contributed by atoms with van der Waals surface area (Å²) >= 11 is 0. The minimum Gasteiger partial charge on any atom is -0.457 e. The standard InChI is InChI=1S/C58H42N2O.2BF4/c1-7-19-43(20-8-1)49-39-55(45-23-11-3-12-24-45)59(56(40-49)46-25-13-4-14-26-46)51-31-35-53(36-32-51)61-54-37-33-52(34-38-54)60-57(47-27-15-5-16-28-47)41-50(44-21-9-2-10-22-44)42-58(60)48-29-17-6-18-30-48;2*2-1(3,4)5/h1-42H;;/q+2;2*-1. The number of hydrogen-bond donors (Lipinski definition) is 0. The molecule has 0 amide bonds. The van der Waals surface area contributed by atoms with Gasteiger partial charge < -0.3 is 39.3 Å². The van der Waals surface area contributed by atoms with Crippen LogP contribution in [0.2, 0.25) is 0 Å². The summed E-state index contributed by atoms with van der Waals surface area (Å²) in [4.78, 5) is 0. The molecule has 0 atom stereocenters. The van der Waals surface area contributed by atoms with Crippen molar-refractivity contribution in [2.75, 3.05) is 0 Å². The van der Waals surface area contributed by atoms with Gasteiger partial charge in [0.05, 0.1) is 0 Å². The maximum atomic E-state index is 9.75. The fraction of sp³-hybridized carbons (Fsp3) is 0. The Hall–Kier alpha value is -8.57. The molecule has 0 aliphatic heterocycles. The van der Waals surface area contributed by atoms with Gasteiger partial charge in [-0.2, -0.15) is 9.13 Å². The number of ether oxygens (including phenoxy) is 1. The Morgan fingerprint density at radius 2 is 0.437 bits per heavy atom. The molecule has 0 saturated carbocycles. The zero-order valence-corrected chi connectivity index (χ0v) is 37.7.